The van der Waals surface area contributed by atoms with E-state index < -0.39 is 0 Å². The smallest absolute Gasteiger partial charge is 0.159 e. The van der Waals surface area contributed by atoms with Crippen LogP contribution in [0, 0.1) is 0 Å². The molecule has 0 saturated heterocycles. The summed E-state index contributed by atoms with van der Waals surface area (Å²) in [6.07, 6.45) is 0.919. The molecule has 108 valence electrons. The molecule has 0 spiro atoms. The molecule has 2 N–H and O–H groups in total. The van der Waals surface area contributed by atoms with Gasteiger partial charge in [-0.2, -0.15) is 0 Å². The van der Waals surface area contributed by atoms with Crippen molar-refractivity contribution in [3.8, 4) is 0 Å². The predicted octanol–water partition coefficient (Wildman–Crippen LogP) is 3.84. The zero-order valence-corrected chi connectivity index (χ0v) is 12.8. The van der Waals surface area contributed by atoms with Gasteiger partial charge in [0.1, 0.15) is 0 Å². The lowest BCUT2D eigenvalue weighted by Crippen LogP contribution is -2.24. The zero-order chi connectivity index (χ0) is 14.8. The van der Waals surface area contributed by atoms with Crippen molar-refractivity contribution >= 4 is 28.9 Å². The number of benzene rings is 2. The fraction of sp³-hybridized carbons (Fsp3) is 0.235. The molecule has 1 heterocycles. The molecule has 1 aliphatic heterocycles. The summed E-state index contributed by atoms with van der Waals surface area (Å²) in [5.74, 6) is 0.0976. The SMILES string of the molecule is CC(=O)c1ccc2c(c1)N(CCCN)c1ccccc1S2. The number of fused-ring (bicyclic) bond motifs is 2. The van der Waals surface area contributed by atoms with E-state index in [4.69, 9.17) is 5.73 Å². The second-order valence-electron chi connectivity index (χ2n) is 5.10. The van der Waals surface area contributed by atoms with E-state index in [-0.39, 0.29) is 5.78 Å². The Morgan fingerprint density at radius 1 is 1.14 bits per heavy atom. The Labute approximate surface area is 129 Å². The standard InChI is InChI=1S/C17H18N2OS/c1-12(20)13-7-8-17-15(11-13)19(10-4-9-18)14-5-2-3-6-16(14)21-17/h2-3,5-8,11H,4,9-10,18H2,1H3. The minimum atomic E-state index is 0.0976. The monoisotopic (exact) mass is 298 g/mol. The number of hydrogen-bond donors (Lipinski definition) is 1. The van der Waals surface area contributed by atoms with E-state index in [1.54, 1.807) is 18.7 Å². The highest BCUT2D eigenvalue weighted by Crippen LogP contribution is 2.48. The number of anilines is 2. The number of carbonyl (C=O) groups excluding carboxylic acids is 1. The maximum atomic E-state index is 11.7. The molecule has 0 bridgehead atoms. The summed E-state index contributed by atoms with van der Waals surface area (Å²) in [6.45, 7) is 3.13. The Kier molecular flexibility index (Phi) is 3.99. The lowest BCUT2D eigenvalue weighted by Gasteiger charge is -2.33. The van der Waals surface area contributed by atoms with Gasteiger partial charge in [-0.1, -0.05) is 30.0 Å². The number of Topliss-reactive ketones (excluding diaryl/α,β-unsaturated/α-hetero) is 1. The molecule has 0 saturated carbocycles. The van der Waals surface area contributed by atoms with Crippen molar-refractivity contribution in [1.82, 2.24) is 0 Å². The number of carbonyl (C=O) groups is 1. The molecule has 2 aromatic carbocycles. The van der Waals surface area contributed by atoms with Crippen LogP contribution in [0.15, 0.2) is 52.3 Å². The van der Waals surface area contributed by atoms with Gasteiger partial charge in [0, 0.05) is 21.9 Å². The van der Waals surface area contributed by atoms with Crippen molar-refractivity contribution in [3.63, 3.8) is 0 Å². The Bertz CT molecular complexity index is 684. The van der Waals surface area contributed by atoms with Crippen LogP contribution in [0.4, 0.5) is 11.4 Å². The highest BCUT2D eigenvalue weighted by Gasteiger charge is 2.23. The average Bonchev–Trinajstić information content (AvgIpc) is 2.50. The molecule has 0 aromatic heterocycles. The van der Waals surface area contributed by atoms with E-state index in [2.05, 4.69) is 29.2 Å². The normalized spacial score (nSPS) is 12.8. The zero-order valence-electron chi connectivity index (χ0n) is 12.0. The minimum absolute atomic E-state index is 0.0976. The third kappa shape index (κ3) is 2.69. The molecule has 0 radical (unpaired) electrons. The van der Waals surface area contributed by atoms with Crippen LogP contribution in [0.3, 0.4) is 0 Å². The van der Waals surface area contributed by atoms with Crippen LogP contribution in [-0.4, -0.2) is 18.9 Å². The van der Waals surface area contributed by atoms with Crippen LogP contribution in [0.2, 0.25) is 0 Å². The summed E-state index contributed by atoms with van der Waals surface area (Å²) < 4.78 is 0. The minimum Gasteiger partial charge on any atom is -0.340 e. The molecule has 0 fully saturated rings. The van der Waals surface area contributed by atoms with Gasteiger partial charge in [-0.05, 0) is 44.2 Å². The fourth-order valence-corrected chi connectivity index (χ4v) is 3.61. The summed E-state index contributed by atoms with van der Waals surface area (Å²) in [4.78, 5) is 16.4. The van der Waals surface area contributed by atoms with Crippen molar-refractivity contribution in [2.75, 3.05) is 18.0 Å². The number of hydrogen-bond acceptors (Lipinski definition) is 4. The third-order valence-corrected chi connectivity index (χ3v) is 4.75. The molecular weight excluding hydrogens is 280 g/mol. The van der Waals surface area contributed by atoms with Crippen LogP contribution in [0.1, 0.15) is 23.7 Å². The van der Waals surface area contributed by atoms with Gasteiger partial charge in [0.05, 0.1) is 11.4 Å². The van der Waals surface area contributed by atoms with Crippen LogP contribution < -0.4 is 10.6 Å². The topological polar surface area (TPSA) is 46.3 Å². The lowest BCUT2D eigenvalue weighted by molar-refractivity contribution is 0.101. The van der Waals surface area contributed by atoms with Gasteiger partial charge in [0.15, 0.2) is 5.78 Å². The highest BCUT2D eigenvalue weighted by atomic mass is 32.2. The van der Waals surface area contributed by atoms with Crippen LogP contribution >= 0.6 is 11.8 Å². The molecule has 0 amide bonds. The Balaban J connectivity index is 2.09. The number of nitrogens with zero attached hydrogens (tertiary/aromatic N) is 1. The van der Waals surface area contributed by atoms with Crippen molar-refractivity contribution in [3.05, 3.63) is 48.0 Å². The van der Waals surface area contributed by atoms with E-state index in [9.17, 15) is 4.79 Å². The van der Waals surface area contributed by atoms with Crippen LogP contribution in [-0.2, 0) is 0 Å². The van der Waals surface area contributed by atoms with Gasteiger partial charge < -0.3 is 10.6 Å². The quantitative estimate of drug-likeness (QED) is 0.871. The van der Waals surface area contributed by atoms with E-state index in [0.29, 0.717) is 6.54 Å². The molecule has 4 heteroatoms. The molecule has 0 aliphatic carbocycles. The van der Waals surface area contributed by atoms with Crippen molar-refractivity contribution in [2.24, 2.45) is 5.73 Å². The number of para-hydroxylation sites is 1. The largest absolute Gasteiger partial charge is 0.340 e. The van der Waals surface area contributed by atoms with Gasteiger partial charge in [-0.15, -0.1) is 0 Å². The molecule has 21 heavy (non-hydrogen) atoms. The third-order valence-electron chi connectivity index (χ3n) is 3.62. The molecule has 0 unspecified atom stereocenters. The highest BCUT2D eigenvalue weighted by molar-refractivity contribution is 7.99. The van der Waals surface area contributed by atoms with Gasteiger partial charge in [0.2, 0.25) is 0 Å². The van der Waals surface area contributed by atoms with Gasteiger partial charge in [-0.25, -0.2) is 0 Å². The lowest BCUT2D eigenvalue weighted by atomic mass is 10.1. The van der Waals surface area contributed by atoms with Crippen molar-refractivity contribution in [1.29, 1.82) is 0 Å². The van der Waals surface area contributed by atoms with E-state index >= 15 is 0 Å². The van der Waals surface area contributed by atoms with E-state index in [0.717, 1.165) is 24.2 Å². The second kappa shape index (κ2) is 5.92. The first-order valence-electron chi connectivity index (χ1n) is 7.10. The van der Waals surface area contributed by atoms with E-state index in [1.165, 1.54) is 15.5 Å². The molecular formula is C17H18N2OS. The molecule has 2 aromatic rings. The maximum absolute atomic E-state index is 11.7. The van der Waals surface area contributed by atoms with Crippen molar-refractivity contribution < 1.29 is 4.79 Å². The predicted molar refractivity (Wildman–Crippen MR) is 87.7 cm³/mol. The van der Waals surface area contributed by atoms with Crippen LogP contribution in [0.25, 0.3) is 0 Å². The molecule has 3 rings (SSSR count). The molecule has 3 nitrogen and oxygen atoms in total. The summed E-state index contributed by atoms with van der Waals surface area (Å²) in [6, 6.07) is 14.3. The van der Waals surface area contributed by atoms with Gasteiger partial charge in [0.25, 0.3) is 0 Å². The van der Waals surface area contributed by atoms with Gasteiger partial charge in [-0.3, -0.25) is 4.79 Å². The average molecular weight is 298 g/mol. The van der Waals surface area contributed by atoms with Crippen molar-refractivity contribution in [2.45, 2.75) is 23.1 Å². The number of nitrogens with two attached hydrogens (primary N) is 1. The Morgan fingerprint density at radius 2 is 1.90 bits per heavy atom. The summed E-state index contributed by atoms with van der Waals surface area (Å²) >= 11 is 1.76. The van der Waals surface area contributed by atoms with E-state index in [1.807, 2.05) is 18.2 Å². The first kappa shape index (κ1) is 14.2. The Morgan fingerprint density at radius 3 is 2.67 bits per heavy atom. The fourth-order valence-electron chi connectivity index (χ4n) is 2.54. The van der Waals surface area contributed by atoms with Crippen LogP contribution in [0.5, 0.6) is 0 Å². The summed E-state index contributed by atoms with van der Waals surface area (Å²) in [5, 5.41) is 0. The summed E-state index contributed by atoms with van der Waals surface area (Å²) in [5.41, 5.74) is 8.74. The molecule has 0 atom stereocenters. The first-order chi connectivity index (χ1) is 10.2. The first-order valence-corrected chi connectivity index (χ1v) is 7.92. The Hall–Kier alpha value is -1.78. The van der Waals surface area contributed by atoms with Gasteiger partial charge >= 0.3 is 0 Å². The summed E-state index contributed by atoms with van der Waals surface area (Å²) in [7, 11) is 0. The molecule has 1 aliphatic rings. The second-order valence-corrected chi connectivity index (χ2v) is 6.19. The number of ketones is 1. The maximum Gasteiger partial charge on any atom is 0.159 e. The number of rotatable bonds is 4.